The first kappa shape index (κ1) is 14.2. The highest BCUT2D eigenvalue weighted by Gasteiger charge is 2.08. The van der Waals surface area contributed by atoms with Gasteiger partial charge in [0.25, 0.3) is 0 Å². The van der Waals surface area contributed by atoms with Crippen LogP contribution in [-0.4, -0.2) is 15.8 Å². The second-order valence-corrected chi connectivity index (χ2v) is 5.18. The molecule has 0 radical (unpaired) electrons. The third-order valence-electron chi connectivity index (χ3n) is 3.18. The molecule has 5 nitrogen and oxygen atoms in total. The SMILES string of the molecule is C/C(=N\NC(N)=S)c1ccc(-c2nc3ccccc3o2)cc1. The molecule has 0 aliphatic heterocycles. The zero-order valence-electron chi connectivity index (χ0n) is 11.9. The predicted octanol–water partition coefficient (Wildman–Crippen LogP) is 3.05. The molecule has 0 saturated carbocycles. The maximum atomic E-state index is 5.75. The summed E-state index contributed by atoms with van der Waals surface area (Å²) in [6, 6.07) is 15.5. The minimum atomic E-state index is 0.141. The van der Waals surface area contributed by atoms with Crippen LogP contribution in [0.2, 0.25) is 0 Å². The zero-order valence-corrected chi connectivity index (χ0v) is 12.7. The van der Waals surface area contributed by atoms with Crippen molar-refractivity contribution < 1.29 is 4.42 Å². The predicted molar refractivity (Wildman–Crippen MR) is 91.6 cm³/mol. The van der Waals surface area contributed by atoms with Crippen molar-refractivity contribution in [1.82, 2.24) is 10.4 Å². The Kier molecular flexibility index (Phi) is 3.84. The van der Waals surface area contributed by atoms with E-state index in [1.807, 2.05) is 55.5 Å². The second kappa shape index (κ2) is 5.95. The van der Waals surface area contributed by atoms with E-state index in [0.717, 1.165) is 27.9 Å². The Labute approximate surface area is 132 Å². The number of nitrogens with zero attached hydrogens (tertiary/aromatic N) is 2. The van der Waals surface area contributed by atoms with Gasteiger partial charge in [0.1, 0.15) is 5.52 Å². The molecule has 0 bridgehead atoms. The molecule has 0 amide bonds. The smallest absolute Gasteiger partial charge is 0.227 e. The number of fused-ring (bicyclic) bond motifs is 1. The minimum absolute atomic E-state index is 0.141. The number of thiocarbonyl (C=S) groups is 1. The molecule has 0 spiro atoms. The van der Waals surface area contributed by atoms with Crippen molar-refractivity contribution in [3.8, 4) is 11.5 Å². The van der Waals surface area contributed by atoms with Gasteiger partial charge in [0.15, 0.2) is 10.7 Å². The fraction of sp³-hybridized carbons (Fsp3) is 0.0625. The van der Waals surface area contributed by atoms with Gasteiger partial charge in [0.05, 0.1) is 5.71 Å². The molecule has 2 aromatic carbocycles. The molecule has 6 heteroatoms. The van der Waals surface area contributed by atoms with Crippen molar-refractivity contribution in [3.63, 3.8) is 0 Å². The van der Waals surface area contributed by atoms with Gasteiger partial charge in [-0.1, -0.05) is 24.3 Å². The molecule has 1 aromatic heterocycles. The third-order valence-corrected chi connectivity index (χ3v) is 3.27. The number of hydrazone groups is 1. The van der Waals surface area contributed by atoms with Gasteiger partial charge in [0, 0.05) is 5.56 Å². The van der Waals surface area contributed by atoms with Gasteiger partial charge >= 0.3 is 0 Å². The Bertz CT molecular complexity index is 819. The quantitative estimate of drug-likeness (QED) is 0.442. The van der Waals surface area contributed by atoms with Gasteiger partial charge in [-0.25, -0.2) is 4.98 Å². The van der Waals surface area contributed by atoms with Crippen molar-refractivity contribution in [1.29, 1.82) is 0 Å². The first-order valence-corrected chi connectivity index (χ1v) is 7.10. The normalized spacial score (nSPS) is 11.6. The van der Waals surface area contributed by atoms with E-state index < -0.39 is 0 Å². The molecule has 3 rings (SSSR count). The van der Waals surface area contributed by atoms with Gasteiger partial charge in [-0.15, -0.1) is 0 Å². The summed E-state index contributed by atoms with van der Waals surface area (Å²) in [5.74, 6) is 0.601. The fourth-order valence-electron chi connectivity index (χ4n) is 2.05. The third kappa shape index (κ3) is 2.96. The number of oxazole rings is 1. The molecular formula is C16H14N4OS. The molecule has 0 unspecified atom stereocenters. The molecule has 1 heterocycles. The van der Waals surface area contributed by atoms with Crippen LogP contribution in [0.4, 0.5) is 0 Å². The molecule has 0 aliphatic rings. The number of nitrogens with one attached hydrogen (secondary N) is 1. The van der Waals surface area contributed by atoms with Crippen LogP contribution < -0.4 is 11.2 Å². The lowest BCUT2D eigenvalue weighted by Crippen LogP contribution is -2.25. The molecular weight excluding hydrogens is 296 g/mol. The Morgan fingerprint density at radius 2 is 1.91 bits per heavy atom. The molecule has 110 valence electrons. The average molecular weight is 310 g/mol. The Morgan fingerprint density at radius 1 is 1.18 bits per heavy atom. The Morgan fingerprint density at radius 3 is 2.59 bits per heavy atom. The number of hydrogen-bond acceptors (Lipinski definition) is 4. The maximum Gasteiger partial charge on any atom is 0.227 e. The van der Waals surface area contributed by atoms with E-state index in [4.69, 9.17) is 22.4 Å². The van der Waals surface area contributed by atoms with Crippen LogP contribution in [0.15, 0.2) is 58.0 Å². The van der Waals surface area contributed by atoms with Gasteiger partial charge in [-0.2, -0.15) is 5.10 Å². The summed E-state index contributed by atoms with van der Waals surface area (Å²) in [6.07, 6.45) is 0. The minimum Gasteiger partial charge on any atom is -0.436 e. The lowest BCUT2D eigenvalue weighted by molar-refractivity contribution is 0.620. The maximum absolute atomic E-state index is 5.75. The number of nitrogens with two attached hydrogens (primary N) is 1. The van der Waals surface area contributed by atoms with Gasteiger partial charge in [-0.3, -0.25) is 5.43 Å². The monoisotopic (exact) mass is 310 g/mol. The summed E-state index contributed by atoms with van der Waals surface area (Å²) in [5, 5.41) is 4.23. The molecule has 0 atom stereocenters. The van der Waals surface area contributed by atoms with E-state index in [1.54, 1.807) is 0 Å². The number of rotatable bonds is 3. The first-order valence-electron chi connectivity index (χ1n) is 6.69. The van der Waals surface area contributed by atoms with Gasteiger partial charge < -0.3 is 10.2 Å². The summed E-state index contributed by atoms with van der Waals surface area (Å²) < 4.78 is 5.75. The average Bonchev–Trinajstić information content (AvgIpc) is 2.96. The van der Waals surface area contributed by atoms with E-state index in [1.165, 1.54) is 0 Å². The highest BCUT2D eigenvalue weighted by atomic mass is 32.1. The molecule has 22 heavy (non-hydrogen) atoms. The van der Waals surface area contributed by atoms with Crippen molar-refractivity contribution in [2.75, 3.05) is 0 Å². The molecule has 3 aromatic rings. The van der Waals surface area contributed by atoms with E-state index in [-0.39, 0.29) is 5.11 Å². The number of aromatic nitrogens is 1. The molecule has 3 N–H and O–H groups in total. The van der Waals surface area contributed by atoms with Crippen molar-refractivity contribution in [2.24, 2.45) is 10.8 Å². The van der Waals surface area contributed by atoms with Crippen LogP contribution in [0.25, 0.3) is 22.6 Å². The molecule has 0 aliphatic carbocycles. The fourth-order valence-corrected chi connectivity index (χ4v) is 2.10. The van der Waals surface area contributed by atoms with Crippen molar-refractivity contribution in [2.45, 2.75) is 6.92 Å². The summed E-state index contributed by atoms with van der Waals surface area (Å²) in [4.78, 5) is 4.47. The van der Waals surface area contributed by atoms with Crippen LogP contribution in [0.1, 0.15) is 12.5 Å². The standard InChI is InChI=1S/C16H14N4OS/c1-10(19-20-16(17)22)11-6-8-12(9-7-11)15-18-13-4-2-3-5-14(13)21-15/h2-9H,1H3,(H3,17,20,22)/b19-10+. The van der Waals surface area contributed by atoms with Gasteiger partial charge in [0.2, 0.25) is 5.89 Å². The zero-order chi connectivity index (χ0) is 15.5. The van der Waals surface area contributed by atoms with Crippen LogP contribution >= 0.6 is 12.2 Å². The van der Waals surface area contributed by atoms with Crippen molar-refractivity contribution in [3.05, 3.63) is 54.1 Å². The lowest BCUT2D eigenvalue weighted by Gasteiger charge is -2.02. The lowest BCUT2D eigenvalue weighted by atomic mass is 10.1. The van der Waals surface area contributed by atoms with Crippen LogP contribution in [0.3, 0.4) is 0 Å². The summed E-state index contributed by atoms with van der Waals surface area (Å²) in [5.41, 5.74) is 12.2. The van der Waals surface area contributed by atoms with E-state index >= 15 is 0 Å². The summed E-state index contributed by atoms with van der Waals surface area (Å²) >= 11 is 4.72. The largest absolute Gasteiger partial charge is 0.436 e. The van der Waals surface area contributed by atoms with Crippen LogP contribution in [0.5, 0.6) is 0 Å². The van der Waals surface area contributed by atoms with Crippen molar-refractivity contribution >= 4 is 34.1 Å². The van der Waals surface area contributed by atoms with E-state index in [2.05, 4.69) is 15.5 Å². The summed E-state index contributed by atoms with van der Waals surface area (Å²) in [6.45, 7) is 1.87. The first-order chi connectivity index (χ1) is 10.6. The van der Waals surface area contributed by atoms with E-state index in [0.29, 0.717) is 5.89 Å². The number of para-hydroxylation sites is 2. The van der Waals surface area contributed by atoms with Crippen LogP contribution in [-0.2, 0) is 0 Å². The van der Waals surface area contributed by atoms with Crippen LogP contribution in [0, 0.1) is 0 Å². The number of benzene rings is 2. The molecule has 0 saturated heterocycles. The molecule has 0 fully saturated rings. The Hall–Kier alpha value is -2.73. The number of hydrogen-bond donors (Lipinski definition) is 2. The highest BCUT2D eigenvalue weighted by molar-refractivity contribution is 7.80. The topological polar surface area (TPSA) is 76.4 Å². The highest BCUT2D eigenvalue weighted by Crippen LogP contribution is 2.24. The summed E-state index contributed by atoms with van der Waals surface area (Å²) in [7, 11) is 0. The second-order valence-electron chi connectivity index (χ2n) is 4.74. The van der Waals surface area contributed by atoms with E-state index in [9.17, 15) is 0 Å². The Balaban J connectivity index is 1.87. The van der Waals surface area contributed by atoms with Gasteiger partial charge in [-0.05, 0) is 49.0 Å².